The molecule has 0 saturated heterocycles. The summed E-state index contributed by atoms with van der Waals surface area (Å²) in [5.41, 5.74) is 2.30. The van der Waals surface area contributed by atoms with E-state index >= 15 is 0 Å². The second-order valence-electron chi connectivity index (χ2n) is 4.69. The van der Waals surface area contributed by atoms with Crippen molar-refractivity contribution in [1.29, 1.82) is 0 Å². The molecule has 0 aliphatic rings. The van der Waals surface area contributed by atoms with Crippen LogP contribution in [0.4, 0.5) is 0 Å². The second kappa shape index (κ2) is 6.02. The molecule has 1 aromatic heterocycles. The maximum absolute atomic E-state index is 5.85. The zero-order valence-electron chi connectivity index (χ0n) is 11.6. The Labute approximate surface area is 128 Å². The lowest BCUT2D eigenvalue weighted by Crippen LogP contribution is -2.35. The van der Waals surface area contributed by atoms with Gasteiger partial charge in [-0.2, -0.15) is 0 Å². The van der Waals surface area contributed by atoms with Crippen LogP contribution in [0.3, 0.4) is 0 Å². The molecule has 3 aromatic rings. The van der Waals surface area contributed by atoms with Crippen LogP contribution in [0.25, 0.3) is 17.2 Å². The van der Waals surface area contributed by atoms with Crippen LogP contribution in [-0.2, 0) is 6.54 Å². The van der Waals surface area contributed by atoms with E-state index in [9.17, 15) is 0 Å². The lowest BCUT2D eigenvalue weighted by molar-refractivity contribution is -0.672. The molecule has 2 aromatic carbocycles. The van der Waals surface area contributed by atoms with Crippen molar-refractivity contribution in [3.8, 4) is 5.75 Å². The van der Waals surface area contributed by atoms with E-state index < -0.39 is 0 Å². The van der Waals surface area contributed by atoms with E-state index in [-0.39, 0.29) is 0 Å². The van der Waals surface area contributed by atoms with Crippen LogP contribution in [0, 0.1) is 0 Å². The summed E-state index contributed by atoms with van der Waals surface area (Å²) < 4.78 is 9.91. The summed E-state index contributed by atoms with van der Waals surface area (Å²) in [6.07, 6.45) is 3.84. The van der Waals surface area contributed by atoms with Crippen LogP contribution in [0.2, 0.25) is 5.02 Å². The van der Waals surface area contributed by atoms with Gasteiger partial charge in [-0.15, -0.1) is 0 Å². The fourth-order valence-electron chi connectivity index (χ4n) is 2.32. The fourth-order valence-corrected chi connectivity index (χ4v) is 2.44. The third-order valence-electron chi connectivity index (χ3n) is 3.34. The van der Waals surface area contributed by atoms with E-state index in [1.165, 1.54) is 0 Å². The van der Waals surface area contributed by atoms with Crippen molar-refractivity contribution in [3.05, 3.63) is 66.5 Å². The summed E-state index contributed by atoms with van der Waals surface area (Å²) in [6.45, 7) is 5.20. The minimum absolute atomic E-state index is 0.595. The highest BCUT2D eigenvalue weighted by molar-refractivity contribution is 6.30. The Kier molecular flexibility index (Phi) is 3.93. The Bertz CT molecular complexity index is 762. The Hall–Kier alpha value is -2.26. The standard InChI is InChI=1S/C17H16ClN2O/c1-2-19-13-20(17-6-4-3-5-16(17)19)11-12-21-15-9-7-14(18)8-10-15/h2-10,13H,1,11-12H2/q+1. The molecule has 0 N–H and O–H groups in total. The van der Waals surface area contributed by atoms with Gasteiger partial charge in [-0.25, -0.2) is 9.13 Å². The van der Waals surface area contributed by atoms with E-state index in [0.717, 1.165) is 23.3 Å². The molecular formula is C17H16ClN2O+. The van der Waals surface area contributed by atoms with E-state index in [4.69, 9.17) is 16.3 Å². The number of imidazole rings is 1. The number of benzene rings is 2. The maximum Gasteiger partial charge on any atom is 0.249 e. The number of hydrogen-bond acceptors (Lipinski definition) is 1. The minimum Gasteiger partial charge on any atom is -0.489 e. The van der Waals surface area contributed by atoms with Gasteiger partial charge in [-0.3, -0.25) is 0 Å². The van der Waals surface area contributed by atoms with Crippen LogP contribution >= 0.6 is 11.6 Å². The second-order valence-corrected chi connectivity index (χ2v) is 5.13. The number of fused-ring (bicyclic) bond motifs is 1. The lowest BCUT2D eigenvalue weighted by Gasteiger charge is -2.04. The average molecular weight is 300 g/mol. The first-order chi connectivity index (χ1) is 10.3. The van der Waals surface area contributed by atoms with Gasteiger partial charge < -0.3 is 4.74 Å². The Balaban J connectivity index is 1.73. The van der Waals surface area contributed by atoms with Crippen LogP contribution in [-0.4, -0.2) is 11.2 Å². The van der Waals surface area contributed by atoms with Gasteiger partial charge >= 0.3 is 0 Å². The van der Waals surface area contributed by atoms with E-state index in [1.54, 1.807) is 6.20 Å². The molecular weight excluding hydrogens is 284 g/mol. The monoisotopic (exact) mass is 299 g/mol. The highest BCUT2D eigenvalue weighted by Gasteiger charge is 2.12. The molecule has 21 heavy (non-hydrogen) atoms. The van der Waals surface area contributed by atoms with Crippen molar-refractivity contribution >= 4 is 28.8 Å². The van der Waals surface area contributed by atoms with E-state index in [0.29, 0.717) is 11.6 Å². The SMILES string of the molecule is C=Cn1c[n+](CCOc2ccc(Cl)cc2)c2ccccc21. The first-order valence-electron chi connectivity index (χ1n) is 6.78. The fraction of sp³-hybridized carbons (Fsp3) is 0.118. The lowest BCUT2D eigenvalue weighted by atomic mass is 10.3. The number of nitrogens with zero attached hydrogens (tertiary/aromatic N) is 2. The molecule has 0 bridgehead atoms. The van der Waals surface area contributed by atoms with Gasteiger partial charge in [0.1, 0.15) is 18.9 Å². The summed E-state index contributed by atoms with van der Waals surface area (Å²) in [5, 5.41) is 0.714. The molecule has 3 nitrogen and oxygen atoms in total. The molecule has 1 heterocycles. The molecule has 0 radical (unpaired) electrons. The van der Waals surface area contributed by atoms with Crippen molar-refractivity contribution in [2.75, 3.05) is 6.61 Å². The summed E-state index contributed by atoms with van der Waals surface area (Å²) in [6, 6.07) is 15.6. The Morgan fingerprint density at radius 1 is 1.14 bits per heavy atom. The third-order valence-corrected chi connectivity index (χ3v) is 3.60. The van der Waals surface area contributed by atoms with Crippen LogP contribution in [0.5, 0.6) is 5.75 Å². The number of aromatic nitrogens is 2. The topological polar surface area (TPSA) is 18.0 Å². The smallest absolute Gasteiger partial charge is 0.249 e. The molecule has 0 amide bonds. The summed E-state index contributed by atoms with van der Waals surface area (Å²) in [5.74, 6) is 0.826. The molecule has 0 aliphatic heterocycles. The van der Waals surface area contributed by atoms with Crippen molar-refractivity contribution in [2.45, 2.75) is 6.54 Å². The van der Waals surface area contributed by atoms with Crippen molar-refractivity contribution in [3.63, 3.8) is 0 Å². The normalized spacial score (nSPS) is 10.7. The number of para-hydroxylation sites is 2. The van der Waals surface area contributed by atoms with Crippen LogP contribution < -0.4 is 9.30 Å². The number of hydrogen-bond donors (Lipinski definition) is 0. The number of ether oxygens (including phenoxy) is 1. The van der Waals surface area contributed by atoms with E-state index in [2.05, 4.69) is 23.3 Å². The van der Waals surface area contributed by atoms with Gasteiger partial charge in [0.05, 0.1) is 6.20 Å². The average Bonchev–Trinajstić information content (AvgIpc) is 2.88. The van der Waals surface area contributed by atoms with Crippen molar-refractivity contribution < 1.29 is 9.30 Å². The molecule has 0 spiro atoms. The summed E-state index contributed by atoms with van der Waals surface area (Å²) >= 11 is 5.85. The first kappa shape index (κ1) is 13.7. The molecule has 4 heteroatoms. The van der Waals surface area contributed by atoms with E-state index in [1.807, 2.05) is 47.3 Å². The highest BCUT2D eigenvalue weighted by Crippen LogP contribution is 2.15. The Morgan fingerprint density at radius 2 is 1.90 bits per heavy atom. The zero-order valence-corrected chi connectivity index (χ0v) is 12.3. The first-order valence-corrected chi connectivity index (χ1v) is 7.15. The quantitative estimate of drug-likeness (QED) is 0.656. The summed E-state index contributed by atoms with van der Waals surface area (Å²) in [7, 11) is 0. The van der Waals surface area contributed by atoms with Crippen molar-refractivity contribution in [1.82, 2.24) is 4.57 Å². The van der Waals surface area contributed by atoms with Crippen molar-refractivity contribution in [2.24, 2.45) is 0 Å². The summed E-state index contributed by atoms with van der Waals surface area (Å²) in [4.78, 5) is 0. The minimum atomic E-state index is 0.595. The largest absolute Gasteiger partial charge is 0.489 e. The number of halogens is 1. The van der Waals surface area contributed by atoms with Gasteiger partial charge in [0, 0.05) is 5.02 Å². The van der Waals surface area contributed by atoms with Gasteiger partial charge in [-0.05, 0) is 36.4 Å². The van der Waals surface area contributed by atoms with Crippen LogP contribution in [0.15, 0.2) is 61.4 Å². The van der Waals surface area contributed by atoms with Gasteiger partial charge in [0.2, 0.25) is 6.33 Å². The highest BCUT2D eigenvalue weighted by atomic mass is 35.5. The Morgan fingerprint density at radius 3 is 2.67 bits per heavy atom. The molecule has 106 valence electrons. The van der Waals surface area contributed by atoms with Gasteiger partial charge in [-0.1, -0.05) is 30.3 Å². The zero-order chi connectivity index (χ0) is 14.7. The van der Waals surface area contributed by atoms with Gasteiger partial charge in [0.15, 0.2) is 11.0 Å². The molecule has 0 fully saturated rings. The maximum atomic E-state index is 5.85. The molecule has 0 aliphatic carbocycles. The van der Waals surface area contributed by atoms with Crippen LogP contribution in [0.1, 0.15) is 0 Å². The predicted octanol–water partition coefficient (Wildman–Crippen LogP) is 3.76. The molecule has 0 unspecified atom stereocenters. The molecule has 3 rings (SSSR count). The number of rotatable bonds is 5. The van der Waals surface area contributed by atoms with Gasteiger partial charge in [0.25, 0.3) is 0 Å². The third kappa shape index (κ3) is 2.93. The predicted molar refractivity (Wildman–Crippen MR) is 85.5 cm³/mol. The molecule has 0 saturated carbocycles. The molecule has 0 atom stereocenters.